The fourth-order valence-corrected chi connectivity index (χ4v) is 3.39. The number of benzene rings is 1. The summed E-state index contributed by atoms with van der Waals surface area (Å²) in [5, 5.41) is 12.9. The molecule has 1 aliphatic rings. The molecule has 2 rings (SSSR count). The predicted octanol–water partition coefficient (Wildman–Crippen LogP) is 2.89. The Bertz CT molecular complexity index is 446. The van der Waals surface area contributed by atoms with Crippen LogP contribution in [-0.4, -0.2) is 37.4 Å². The first-order valence-electron chi connectivity index (χ1n) is 8.28. The van der Waals surface area contributed by atoms with Gasteiger partial charge in [0.2, 0.25) is 0 Å². The average molecular weight is 290 g/mol. The van der Waals surface area contributed by atoms with Crippen molar-refractivity contribution in [3.05, 3.63) is 29.3 Å². The number of fused-ring (bicyclic) bond motifs is 1. The molecular weight excluding hydrogens is 260 g/mol. The largest absolute Gasteiger partial charge is 0.394 e. The molecule has 0 radical (unpaired) electrons. The van der Waals surface area contributed by atoms with Crippen molar-refractivity contribution in [2.24, 2.45) is 0 Å². The van der Waals surface area contributed by atoms with Crippen molar-refractivity contribution >= 4 is 5.69 Å². The molecule has 118 valence electrons. The number of nitrogens with one attached hydrogen (secondary N) is 1. The highest BCUT2D eigenvalue weighted by atomic mass is 16.3. The third-order valence-corrected chi connectivity index (χ3v) is 5.04. The molecule has 3 heteroatoms. The Kier molecular flexibility index (Phi) is 5.65. The van der Waals surface area contributed by atoms with E-state index in [-0.39, 0.29) is 12.1 Å². The SMILES string of the molecule is CCC(CO)(CCCN1CCCc2cc(C)ccc21)NC. The lowest BCUT2D eigenvalue weighted by atomic mass is 9.91. The molecule has 1 atom stereocenters. The van der Waals surface area contributed by atoms with Crippen molar-refractivity contribution in [3.63, 3.8) is 0 Å². The standard InChI is InChI=1S/C18H30N2O/c1-4-18(14-21,19-3)10-6-12-20-11-5-7-16-13-15(2)8-9-17(16)20/h8-9,13,19,21H,4-7,10-12,14H2,1-3H3. The average Bonchev–Trinajstić information content (AvgIpc) is 2.52. The van der Waals surface area contributed by atoms with Gasteiger partial charge in [0.1, 0.15) is 0 Å². The van der Waals surface area contributed by atoms with Crippen LogP contribution in [0.1, 0.15) is 43.7 Å². The Hall–Kier alpha value is -1.06. The molecular formula is C18H30N2O. The molecule has 0 saturated heterocycles. The monoisotopic (exact) mass is 290 g/mol. The minimum Gasteiger partial charge on any atom is -0.394 e. The van der Waals surface area contributed by atoms with Gasteiger partial charge in [0, 0.05) is 24.3 Å². The molecule has 0 aromatic heterocycles. The first-order chi connectivity index (χ1) is 10.1. The van der Waals surface area contributed by atoms with Gasteiger partial charge in [-0.2, -0.15) is 0 Å². The highest BCUT2D eigenvalue weighted by Gasteiger charge is 2.25. The summed E-state index contributed by atoms with van der Waals surface area (Å²) in [4.78, 5) is 2.52. The van der Waals surface area contributed by atoms with Crippen LogP contribution in [0.25, 0.3) is 0 Å². The Morgan fingerprint density at radius 3 is 2.86 bits per heavy atom. The molecule has 0 spiro atoms. The molecule has 0 amide bonds. The van der Waals surface area contributed by atoms with Crippen LogP contribution in [0, 0.1) is 6.92 Å². The van der Waals surface area contributed by atoms with Gasteiger partial charge < -0.3 is 15.3 Å². The second kappa shape index (κ2) is 7.28. The van der Waals surface area contributed by atoms with E-state index in [0.29, 0.717) is 0 Å². The van der Waals surface area contributed by atoms with E-state index in [1.807, 2.05) is 7.05 Å². The second-order valence-corrected chi connectivity index (χ2v) is 6.37. The Morgan fingerprint density at radius 1 is 1.38 bits per heavy atom. The fourth-order valence-electron chi connectivity index (χ4n) is 3.39. The first kappa shape index (κ1) is 16.3. The number of hydrogen-bond acceptors (Lipinski definition) is 3. The fraction of sp³-hybridized carbons (Fsp3) is 0.667. The van der Waals surface area contributed by atoms with Gasteiger partial charge in [-0.05, 0) is 57.7 Å². The lowest BCUT2D eigenvalue weighted by molar-refractivity contribution is 0.153. The summed E-state index contributed by atoms with van der Waals surface area (Å²) in [5.74, 6) is 0. The Morgan fingerprint density at radius 2 is 2.19 bits per heavy atom. The maximum atomic E-state index is 9.63. The van der Waals surface area contributed by atoms with Gasteiger partial charge in [-0.1, -0.05) is 24.6 Å². The zero-order valence-electron chi connectivity index (χ0n) is 13.8. The second-order valence-electron chi connectivity index (χ2n) is 6.37. The van der Waals surface area contributed by atoms with Crippen molar-refractivity contribution in [3.8, 4) is 0 Å². The van der Waals surface area contributed by atoms with E-state index in [4.69, 9.17) is 0 Å². The molecule has 21 heavy (non-hydrogen) atoms. The van der Waals surface area contributed by atoms with E-state index >= 15 is 0 Å². The number of rotatable bonds is 7. The van der Waals surface area contributed by atoms with E-state index in [2.05, 4.69) is 42.3 Å². The van der Waals surface area contributed by atoms with Crippen LogP contribution < -0.4 is 10.2 Å². The molecule has 0 fully saturated rings. The Balaban J connectivity index is 1.96. The molecule has 1 unspecified atom stereocenters. The van der Waals surface area contributed by atoms with E-state index < -0.39 is 0 Å². The molecule has 3 nitrogen and oxygen atoms in total. The molecule has 1 heterocycles. The molecule has 0 aliphatic carbocycles. The van der Waals surface area contributed by atoms with Crippen molar-refractivity contribution < 1.29 is 5.11 Å². The summed E-state index contributed by atoms with van der Waals surface area (Å²) in [7, 11) is 1.96. The van der Waals surface area contributed by atoms with Crippen LogP contribution in [0.3, 0.4) is 0 Å². The quantitative estimate of drug-likeness (QED) is 0.810. The van der Waals surface area contributed by atoms with E-state index in [9.17, 15) is 5.11 Å². The minimum atomic E-state index is -0.105. The summed E-state index contributed by atoms with van der Waals surface area (Å²) in [6.45, 7) is 6.78. The topological polar surface area (TPSA) is 35.5 Å². The Labute approximate surface area is 129 Å². The summed E-state index contributed by atoms with van der Waals surface area (Å²) >= 11 is 0. The van der Waals surface area contributed by atoms with Gasteiger partial charge in [0.25, 0.3) is 0 Å². The van der Waals surface area contributed by atoms with E-state index in [1.165, 1.54) is 29.7 Å². The number of aryl methyl sites for hydroxylation is 2. The normalized spacial score (nSPS) is 17.4. The van der Waals surface area contributed by atoms with Crippen molar-refractivity contribution in [1.82, 2.24) is 5.32 Å². The van der Waals surface area contributed by atoms with Crippen LogP contribution in [0.2, 0.25) is 0 Å². The zero-order valence-corrected chi connectivity index (χ0v) is 13.8. The van der Waals surface area contributed by atoms with Gasteiger partial charge in [0.15, 0.2) is 0 Å². The van der Waals surface area contributed by atoms with Crippen LogP contribution in [0.5, 0.6) is 0 Å². The lowest BCUT2D eigenvalue weighted by Gasteiger charge is -2.34. The summed E-state index contributed by atoms with van der Waals surface area (Å²) in [6.07, 6.45) is 5.56. The highest BCUT2D eigenvalue weighted by Crippen LogP contribution is 2.28. The van der Waals surface area contributed by atoms with Crippen molar-refractivity contribution in [2.45, 2.75) is 51.5 Å². The minimum absolute atomic E-state index is 0.105. The number of likely N-dealkylation sites (N-methyl/N-ethyl adjacent to an activating group) is 1. The smallest absolute Gasteiger partial charge is 0.0613 e. The molecule has 0 bridgehead atoms. The van der Waals surface area contributed by atoms with Crippen molar-refractivity contribution in [1.29, 1.82) is 0 Å². The number of anilines is 1. The zero-order chi connectivity index (χ0) is 15.3. The summed E-state index contributed by atoms with van der Waals surface area (Å²) in [5.41, 5.74) is 4.17. The summed E-state index contributed by atoms with van der Waals surface area (Å²) in [6, 6.07) is 6.83. The van der Waals surface area contributed by atoms with Gasteiger partial charge in [-0.25, -0.2) is 0 Å². The number of nitrogens with zero attached hydrogens (tertiary/aromatic N) is 1. The maximum Gasteiger partial charge on any atom is 0.0613 e. The molecule has 1 aliphatic heterocycles. The van der Waals surface area contributed by atoms with Crippen molar-refractivity contribution in [2.75, 3.05) is 31.6 Å². The van der Waals surface area contributed by atoms with Gasteiger partial charge in [-0.3, -0.25) is 0 Å². The molecule has 2 N–H and O–H groups in total. The van der Waals surface area contributed by atoms with Crippen LogP contribution >= 0.6 is 0 Å². The molecule has 1 aromatic rings. The summed E-state index contributed by atoms with van der Waals surface area (Å²) < 4.78 is 0. The van der Waals surface area contributed by atoms with Gasteiger partial charge in [0.05, 0.1) is 6.61 Å². The molecule has 0 saturated carbocycles. The third-order valence-electron chi connectivity index (χ3n) is 5.04. The van der Waals surface area contributed by atoms with E-state index in [1.54, 1.807) is 0 Å². The first-order valence-corrected chi connectivity index (χ1v) is 8.28. The number of hydrogen-bond donors (Lipinski definition) is 2. The third kappa shape index (κ3) is 3.78. The van der Waals surface area contributed by atoms with Crippen LogP contribution in [-0.2, 0) is 6.42 Å². The van der Waals surface area contributed by atoms with Crippen LogP contribution in [0.15, 0.2) is 18.2 Å². The van der Waals surface area contributed by atoms with Gasteiger partial charge >= 0.3 is 0 Å². The maximum absolute atomic E-state index is 9.63. The van der Waals surface area contributed by atoms with E-state index in [0.717, 1.165) is 32.4 Å². The van der Waals surface area contributed by atoms with Crippen LogP contribution in [0.4, 0.5) is 5.69 Å². The lowest BCUT2D eigenvalue weighted by Crippen LogP contribution is -2.46. The number of aliphatic hydroxyl groups excluding tert-OH is 1. The number of aliphatic hydroxyl groups is 1. The van der Waals surface area contributed by atoms with Gasteiger partial charge in [-0.15, -0.1) is 0 Å². The highest BCUT2D eigenvalue weighted by molar-refractivity contribution is 5.56. The predicted molar refractivity (Wildman–Crippen MR) is 90.1 cm³/mol. The molecule has 1 aromatic carbocycles.